The summed E-state index contributed by atoms with van der Waals surface area (Å²) in [5, 5.41) is 18.2. The van der Waals surface area contributed by atoms with Gasteiger partial charge in [0.05, 0.1) is 13.2 Å². The molecule has 0 saturated carbocycles. The average Bonchev–Trinajstić information content (AvgIpc) is 3.35. The van der Waals surface area contributed by atoms with Gasteiger partial charge < -0.3 is 10.1 Å². The second-order valence-corrected chi connectivity index (χ2v) is 6.92. The Morgan fingerprint density at radius 1 is 1.20 bits per heavy atom. The van der Waals surface area contributed by atoms with Gasteiger partial charge >= 0.3 is 0 Å². The summed E-state index contributed by atoms with van der Waals surface area (Å²) in [6.45, 7) is 3.25. The molecule has 1 amide bonds. The van der Waals surface area contributed by atoms with E-state index in [4.69, 9.17) is 17.0 Å². The SMILES string of the molecule is CCOc1ccc(-c2n[nH]c(=S)n2CCC(=O)NCc2nnc3ccccn23)cc1. The molecule has 0 unspecified atom stereocenters. The lowest BCUT2D eigenvalue weighted by Gasteiger charge is -2.08. The smallest absolute Gasteiger partial charge is 0.222 e. The Kier molecular flexibility index (Phi) is 5.84. The summed E-state index contributed by atoms with van der Waals surface area (Å²) in [6.07, 6.45) is 2.12. The summed E-state index contributed by atoms with van der Waals surface area (Å²) in [5.41, 5.74) is 1.63. The zero-order valence-electron chi connectivity index (χ0n) is 16.4. The highest BCUT2D eigenvalue weighted by Gasteiger charge is 2.12. The van der Waals surface area contributed by atoms with Gasteiger partial charge in [0.25, 0.3) is 0 Å². The Labute approximate surface area is 177 Å². The summed E-state index contributed by atoms with van der Waals surface area (Å²) in [4.78, 5) is 12.4. The monoisotopic (exact) mass is 423 g/mol. The molecule has 3 heterocycles. The average molecular weight is 424 g/mol. The van der Waals surface area contributed by atoms with Crippen LogP contribution in [0.5, 0.6) is 5.75 Å². The van der Waals surface area contributed by atoms with Crippen molar-refractivity contribution in [1.82, 2.24) is 34.7 Å². The van der Waals surface area contributed by atoms with Crippen LogP contribution in [0.2, 0.25) is 0 Å². The number of carbonyl (C=O) groups is 1. The van der Waals surface area contributed by atoms with Crippen molar-refractivity contribution in [3.63, 3.8) is 0 Å². The molecule has 0 bridgehead atoms. The Hall–Kier alpha value is -3.53. The van der Waals surface area contributed by atoms with Crippen molar-refractivity contribution in [3.05, 3.63) is 59.3 Å². The van der Waals surface area contributed by atoms with Crippen LogP contribution in [0.3, 0.4) is 0 Å². The number of hydrogen-bond acceptors (Lipinski definition) is 6. The maximum Gasteiger partial charge on any atom is 0.222 e. The molecule has 0 aliphatic heterocycles. The van der Waals surface area contributed by atoms with Crippen molar-refractivity contribution in [2.45, 2.75) is 26.4 Å². The minimum atomic E-state index is -0.108. The lowest BCUT2D eigenvalue weighted by Crippen LogP contribution is -2.25. The highest BCUT2D eigenvalue weighted by atomic mass is 32.1. The predicted octanol–water partition coefficient (Wildman–Crippen LogP) is 2.76. The van der Waals surface area contributed by atoms with Crippen LogP contribution in [0.15, 0.2) is 48.7 Å². The van der Waals surface area contributed by atoms with Crippen molar-refractivity contribution < 1.29 is 9.53 Å². The number of aromatic nitrogens is 6. The molecule has 9 nitrogen and oxygen atoms in total. The maximum absolute atomic E-state index is 12.4. The summed E-state index contributed by atoms with van der Waals surface area (Å²) < 4.78 is 9.60. The van der Waals surface area contributed by atoms with Crippen LogP contribution in [-0.4, -0.2) is 41.9 Å². The number of ether oxygens (including phenoxy) is 1. The first-order valence-electron chi connectivity index (χ1n) is 9.59. The van der Waals surface area contributed by atoms with Gasteiger partial charge in [-0.1, -0.05) is 6.07 Å². The van der Waals surface area contributed by atoms with Gasteiger partial charge in [-0.2, -0.15) is 5.10 Å². The number of pyridine rings is 1. The molecule has 0 fully saturated rings. The van der Waals surface area contributed by atoms with E-state index < -0.39 is 0 Å². The van der Waals surface area contributed by atoms with Crippen LogP contribution in [0.25, 0.3) is 17.0 Å². The molecular weight excluding hydrogens is 402 g/mol. The lowest BCUT2D eigenvalue weighted by atomic mass is 10.2. The highest BCUT2D eigenvalue weighted by molar-refractivity contribution is 7.71. The van der Waals surface area contributed by atoms with E-state index in [0.29, 0.717) is 36.1 Å². The third kappa shape index (κ3) is 4.23. The van der Waals surface area contributed by atoms with Gasteiger partial charge in [-0.05, 0) is 55.5 Å². The van der Waals surface area contributed by atoms with Gasteiger partial charge in [-0.15, -0.1) is 10.2 Å². The van der Waals surface area contributed by atoms with E-state index in [1.54, 1.807) is 0 Å². The first-order valence-corrected chi connectivity index (χ1v) is 10.0. The third-order valence-electron chi connectivity index (χ3n) is 4.57. The zero-order chi connectivity index (χ0) is 20.9. The molecule has 154 valence electrons. The molecule has 0 saturated heterocycles. The summed E-state index contributed by atoms with van der Waals surface area (Å²) in [7, 11) is 0. The molecule has 0 aliphatic carbocycles. The third-order valence-corrected chi connectivity index (χ3v) is 4.88. The van der Waals surface area contributed by atoms with E-state index in [1.165, 1.54) is 0 Å². The Morgan fingerprint density at radius 3 is 2.83 bits per heavy atom. The molecule has 1 aromatic carbocycles. The Morgan fingerprint density at radius 2 is 2.03 bits per heavy atom. The first kappa shape index (κ1) is 19.8. The standard InChI is InChI=1S/C20H21N7O2S/c1-2-29-15-8-6-14(7-9-15)19-24-25-20(30)27(19)12-10-18(28)21-13-17-23-22-16-5-3-4-11-26(16)17/h3-9,11H,2,10,12-13H2,1H3,(H,21,28)(H,25,30). The summed E-state index contributed by atoms with van der Waals surface area (Å²) in [6, 6.07) is 13.3. The van der Waals surface area contributed by atoms with E-state index in [-0.39, 0.29) is 12.3 Å². The van der Waals surface area contributed by atoms with E-state index in [9.17, 15) is 4.79 Å². The van der Waals surface area contributed by atoms with Crippen molar-refractivity contribution in [1.29, 1.82) is 0 Å². The fraction of sp³-hybridized carbons (Fsp3) is 0.250. The Bertz CT molecular complexity index is 1210. The normalized spacial score (nSPS) is 11.0. The van der Waals surface area contributed by atoms with Crippen LogP contribution < -0.4 is 10.1 Å². The van der Waals surface area contributed by atoms with Crippen LogP contribution in [-0.2, 0) is 17.9 Å². The van der Waals surface area contributed by atoms with Crippen LogP contribution >= 0.6 is 12.2 Å². The van der Waals surface area contributed by atoms with E-state index in [1.807, 2.05) is 64.6 Å². The molecular formula is C20H21N7O2S. The zero-order valence-corrected chi connectivity index (χ0v) is 17.2. The molecule has 3 aromatic heterocycles. The molecule has 4 aromatic rings. The molecule has 0 atom stereocenters. The molecule has 0 spiro atoms. The number of aromatic amines is 1. The number of H-pyrrole nitrogens is 1. The first-order chi connectivity index (χ1) is 14.7. The van der Waals surface area contributed by atoms with Gasteiger partial charge in [0.2, 0.25) is 5.91 Å². The number of benzene rings is 1. The van der Waals surface area contributed by atoms with Crippen LogP contribution in [0.1, 0.15) is 19.2 Å². The summed E-state index contributed by atoms with van der Waals surface area (Å²) >= 11 is 5.34. The molecule has 2 N–H and O–H groups in total. The van der Waals surface area contributed by atoms with Gasteiger partial charge in [0.15, 0.2) is 22.1 Å². The molecule has 30 heavy (non-hydrogen) atoms. The van der Waals surface area contributed by atoms with Crippen molar-refractivity contribution in [2.75, 3.05) is 6.61 Å². The van der Waals surface area contributed by atoms with E-state index in [0.717, 1.165) is 17.0 Å². The predicted molar refractivity (Wildman–Crippen MR) is 113 cm³/mol. The second kappa shape index (κ2) is 8.87. The number of carbonyl (C=O) groups excluding carboxylic acids is 1. The molecule has 10 heteroatoms. The van der Waals surface area contributed by atoms with Crippen LogP contribution in [0, 0.1) is 4.77 Å². The molecule has 0 aliphatic rings. The number of nitrogens with zero attached hydrogens (tertiary/aromatic N) is 5. The van der Waals surface area contributed by atoms with Gasteiger partial charge in [-0.25, -0.2) is 0 Å². The van der Waals surface area contributed by atoms with Crippen molar-refractivity contribution in [3.8, 4) is 17.1 Å². The fourth-order valence-corrected chi connectivity index (χ4v) is 3.33. The van der Waals surface area contributed by atoms with Gasteiger partial charge in [-0.3, -0.25) is 18.9 Å². The largest absolute Gasteiger partial charge is 0.494 e. The fourth-order valence-electron chi connectivity index (χ4n) is 3.10. The molecule has 4 rings (SSSR count). The number of rotatable bonds is 8. The maximum atomic E-state index is 12.4. The van der Waals surface area contributed by atoms with E-state index in [2.05, 4.69) is 25.7 Å². The van der Waals surface area contributed by atoms with Gasteiger partial charge in [0, 0.05) is 24.7 Å². The minimum absolute atomic E-state index is 0.108. The van der Waals surface area contributed by atoms with E-state index >= 15 is 0 Å². The number of fused-ring (bicyclic) bond motifs is 1. The number of hydrogen-bond donors (Lipinski definition) is 2. The number of nitrogens with one attached hydrogen (secondary N) is 2. The lowest BCUT2D eigenvalue weighted by molar-refractivity contribution is -0.121. The molecule has 0 radical (unpaired) electrons. The minimum Gasteiger partial charge on any atom is -0.494 e. The highest BCUT2D eigenvalue weighted by Crippen LogP contribution is 2.21. The van der Waals surface area contributed by atoms with Crippen molar-refractivity contribution >= 4 is 23.8 Å². The summed E-state index contributed by atoms with van der Waals surface area (Å²) in [5.74, 6) is 2.04. The van der Waals surface area contributed by atoms with Crippen molar-refractivity contribution in [2.24, 2.45) is 0 Å². The second-order valence-electron chi connectivity index (χ2n) is 6.53. The topological polar surface area (TPSA) is 102 Å². The van der Waals surface area contributed by atoms with Crippen LogP contribution in [0.4, 0.5) is 0 Å². The van der Waals surface area contributed by atoms with Gasteiger partial charge in [0.1, 0.15) is 5.75 Å². The quantitative estimate of drug-likeness (QED) is 0.423. The Balaban J connectivity index is 1.39. The number of amides is 1.